The lowest BCUT2D eigenvalue weighted by atomic mass is 10.0. The fraction of sp³-hybridized carbons (Fsp3) is 0.917. The summed E-state index contributed by atoms with van der Waals surface area (Å²) in [5, 5.41) is 9.74. The molecule has 0 heterocycles. The maximum absolute atomic E-state index is 11.4. The minimum Gasteiger partial charge on any atom is -0.465 e. The first-order valence-electron chi connectivity index (χ1n) is 5.83. The van der Waals surface area contributed by atoms with Crippen molar-refractivity contribution in [1.29, 1.82) is 0 Å². The molecule has 15 heavy (non-hydrogen) atoms. The second-order valence-corrected chi connectivity index (χ2v) is 5.05. The van der Waals surface area contributed by atoms with E-state index in [1.54, 1.807) is 0 Å². The summed E-state index contributed by atoms with van der Waals surface area (Å²) in [4.78, 5) is 11.4. The molecule has 3 atom stereocenters. The third-order valence-electron chi connectivity index (χ3n) is 3.30. The first-order valence-corrected chi connectivity index (χ1v) is 5.83. The molecule has 88 valence electrons. The summed E-state index contributed by atoms with van der Waals surface area (Å²) in [5.41, 5.74) is -0.548. The van der Waals surface area contributed by atoms with Crippen LogP contribution in [0, 0.1) is 11.8 Å². The van der Waals surface area contributed by atoms with E-state index in [2.05, 4.69) is 0 Å². The highest BCUT2D eigenvalue weighted by molar-refractivity contribution is 5.71. The van der Waals surface area contributed by atoms with E-state index in [4.69, 9.17) is 4.74 Å². The van der Waals surface area contributed by atoms with Crippen LogP contribution in [0.25, 0.3) is 0 Å². The van der Waals surface area contributed by atoms with Gasteiger partial charge in [-0.2, -0.15) is 0 Å². The topological polar surface area (TPSA) is 46.5 Å². The molecule has 0 aliphatic heterocycles. The van der Waals surface area contributed by atoms with Crippen molar-refractivity contribution < 1.29 is 14.6 Å². The highest BCUT2D eigenvalue weighted by Crippen LogP contribution is 2.34. The van der Waals surface area contributed by atoms with Crippen LogP contribution in [0.1, 0.15) is 46.5 Å². The zero-order chi connectivity index (χ0) is 11.5. The molecule has 1 rings (SSSR count). The summed E-state index contributed by atoms with van der Waals surface area (Å²) in [6, 6.07) is 0. The lowest BCUT2D eigenvalue weighted by Gasteiger charge is -2.16. The Bertz CT molecular complexity index is 223. The molecule has 0 bridgehead atoms. The Hall–Kier alpha value is -0.570. The van der Waals surface area contributed by atoms with Gasteiger partial charge in [0.1, 0.15) is 0 Å². The number of rotatable bonds is 4. The van der Waals surface area contributed by atoms with Crippen LogP contribution in [0.5, 0.6) is 0 Å². The van der Waals surface area contributed by atoms with Crippen molar-refractivity contribution in [2.75, 3.05) is 6.61 Å². The van der Waals surface area contributed by atoms with Gasteiger partial charge in [0.15, 0.2) is 0 Å². The van der Waals surface area contributed by atoms with Gasteiger partial charge >= 0.3 is 5.97 Å². The number of carbonyl (C=O) groups excluding carboxylic acids is 1. The fourth-order valence-electron chi connectivity index (χ4n) is 1.99. The zero-order valence-electron chi connectivity index (χ0n) is 9.95. The van der Waals surface area contributed by atoms with Crippen molar-refractivity contribution in [3.05, 3.63) is 0 Å². The minimum absolute atomic E-state index is 0.00749. The Morgan fingerprint density at radius 1 is 1.67 bits per heavy atom. The number of aliphatic hydroxyl groups is 1. The molecular formula is C12H22O3. The van der Waals surface area contributed by atoms with Crippen molar-refractivity contribution in [3.63, 3.8) is 0 Å². The Morgan fingerprint density at radius 2 is 2.33 bits per heavy atom. The van der Waals surface area contributed by atoms with Crippen LogP contribution >= 0.6 is 0 Å². The molecule has 3 heteroatoms. The third-order valence-corrected chi connectivity index (χ3v) is 3.30. The predicted octanol–water partition coefficient (Wildman–Crippen LogP) is 2.13. The molecule has 1 N–H and O–H groups in total. The molecule has 1 saturated carbocycles. The van der Waals surface area contributed by atoms with Crippen LogP contribution in [0.4, 0.5) is 0 Å². The highest BCUT2D eigenvalue weighted by Gasteiger charge is 2.33. The molecule has 0 spiro atoms. The van der Waals surface area contributed by atoms with Gasteiger partial charge in [0.05, 0.1) is 18.1 Å². The van der Waals surface area contributed by atoms with Crippen molar-refractivity contribution in [1.82, 2.24) is 0 Å². The highest BCUT2D eigenvalue weighted by atomic mass is 16.5. The van der Waals surface area contributed by atoms with Gasteiger partial charge in [-0.25, -0.2) is 0 Å². The number of carbonyl (C=O) groups is 1. The summed E-state index contributed by atoms with van der Waals surface area (Å²) >= 11 is 0. The molecule has 3 nitrogen and oxygen atoms in total. The summed E-state index contributed by atoms with van der Waals surface area (Å²) in [6.45, 7) is 6.18. The molecule has 0 radical (unpaired) electrons. The van der Waals surface area contributed by atoms with Crippen molar-refractivity contribution in [2.45, 2.75) is 52.1 Å². The Balaban J connectivity index is 2.24. The van der Waals surface area contributed by atoms with Gasteiger partial charge in [0.2, 0.25) is 0 Å². The molecule has 0 aromatic carbocycles. The van der Waals surface area contributed by atoms with Gasteiger partial charge in [-0.15, -0.1) is 0 Å². The van der Waals surface area contributed by atoms with Gasteiger partial charge < -0.3 is 9.84 Å². The predicted molar refractivity (Wildman–Crippen MR) is 58.4 cm³/mol. The normalized spacial score (nSPS) is 32.7. The Morgan fingerprint density at radius 3 is 2.80 bits per heavy atom. The maximum atomic E-state index is 11.4. The molecule has 0 aromatic heterocycles. The average molecular weight is 214 g/mol. The monoisotopic (exact) mass is 214 g/mol. The molecule has 0 aromatic rings. The van der Waals surface area contributed by atoms with E-state index in [0.29, 0.717) is 12.5 Å². The van der Waals surface area contributed by atoms with Crippen LogP contribution in [0.15, 0.2) is 0 Å². The second-order valence-electron chi connectivity index (χ2n) is 5.05. The van der Waals surface area contributed by atoms with Crippen LogP contribution in [0.3, 0.4) is 0 Å². The molecule has 1 aliphatic rings. The lowest BCUT2D eigenvalue weighted by molar-refractivity contribution is -0.149. The summed E-state index contributed by atoms with van der Waals surface area (Å²) in [5.74, 6) is 0.226. The van der Waals surface area contributed by atoms with Gasteiger partial charge in [0.25, 0.3) is 0 Å². The summed E-state index contributed by atoms with van der Waals surface area (Å²) in [6.07, 6.45) is 3.35. The van der Waals surface area contributed by atoms with E-state index in [0.717, 1.165) is 25.7 Å². The number of hydrogen-bond donors (Lipinski definition) is 1. The summed E-state index contributed by atoms with van der Waals surface area (Å²) in [7, 11) is 0. The lowest BCUT2D eigenvalue weighted by Crippen LogP contribution is -2.21. The Labute approximate surface area is 91.8 Å². The van der Waals surface area contributed by atoms with Gasteiger partial charge in [-0.1, -0.05) is 13.8 Å². The molecule has 0 saturated heterocycles. The maximum Gasteiger partial charge on any atom is 0.308 e. The van der Waals surface area contributed by atoms with Crippen molar-refractivity contribution in [2.24, 2.45) is 11.8 Å². The van der Waals surface area contributed by atoms with Crippen LogP contribution in [-0.4, -0.2) is 23.3 Å². The van der Waals surface area contributed by atoms with E-state index >= 15 is 0 Å². The third kappa shape index (κ3) is 3.82. The van der Waals surface area contributed by atoms with Crippen molar-refractivity contribution >= 4 is 5.97 Å². The molecule has 1 fully saturated rings. The standard InChI is InChI=1S/C12H22O3/c1-4-9(2)11(13)15-8-10-5-6-12(3,14)7-10/h9-10,14H,4-8H2,1-3H3. The minimum atomic E-state index is -0.548. The number of hydrogen-bond acceptors (Lipinski definition) is 3. The SMILES string of the molecule is CCC(C)C(=O)OCC1CCC(C)(O)C1. The van der Waals surface area contributed by atoms with E-state index in [-0.39, 0.29) is 11.9 Å². The largest absolute Gasteiger partial charge is 0.465 e. The second kappa shape index (κ2) is 4.97. The first-order chi connectivity index (χ1) is 6.94. The van der Waals surface area contributed by atoms with E-state index in [1.807, 2.05) is 20.8 Å². The quantitative estimate of drug-likeness (QED) is 0.729. The van der Waals surface area contributed by atoms with E-state index in [9.17, 15) is 9.90 Å². The number of ether oxygens (including phenoxy) is 1. The van der Waals surface area contributed by atoms with Crippen LogP contribution in [0.2, 0.25) is 0 Å². The number of esters is 1. The van der Waals surface area contributed by atoms with Crippen molar-refractivity contribution in [3.8, 4) is 0 Å². The van der Waals surface area contributed by atoms with E-state index in [1.165, 1.54) is 0 Å². The van der Waals surface area contributed by atoms with Crippen LogP contribution in [-0.2, 0) is 9.53 Å². The van der Waals surface area contributed by atoms with E-state index < -0.39 is 5.60 Å². The fourth-order valence-corrected chi connectivity index (χ4v) is 1.99. The van der Waals surface area contributed by atoms with Crippen LogP contribution < -0.4 is 0 Å². The molecular weight excluding hydrogens is 192 g/mol. The smallest absolute Gasteiger partial charge is 0.308 e. The molecule has 3 unspecified atom stereocenters. The molecule has 0 amide bonds. The Kier molecular flexibility index (Phi) is 4.14. The van der Waals surface area contributed by atoms with Gasteiger partial charge in [-0.05, 0) is 38.5 Å². The molecule has 1 aliphatic carbocycles. The summed E-state index contributed by atoms with van der Waals surface area (Å²) < 4.78 is 5.22. The zero-order valence-corrected chi connectivity index (χ0v) is 9.95. The first kappa shape index (κ1) is 12.5. The van der Waals surface area contributed by atoms with Gasteiger partial charge in [-0.3, -0.25) is 4.79 Å². The van der Waals surface area contributed by atoms with Gasteiger partial charge in [0, 0.05) is 0 Å². The average Bonchev–Trinajstić information content (AvgIpc) is 2.53.